The van der Waals surface area contributed by atoms with Crippen LogP contribution in [0.25, 0.3) is 16.8 Å². The average molecular weight is 556 g/mol. The Kier molecular flexibility index (Phi) is 8.24. The third-order valence-corrected chi connectivity index (χ3v) is 7.72. The van der Waals surface area contributed by atoms with E-state index in [2.05, 4.69) is 37.5 Å². The molecule has 0 bridgehead atoms. The van der Waals surface area contributed by atoms with E-state index in [1.165, 1.54) is 6.08 Å². The summed E-state index contributed by atoms with van der Waals surface area (Å²) in [5.74, 6) is 0.403. The molecule has 5 rings (SSSR count). The zero-order valence-corrected chi connectivity index (χ0v) is 23.6. The van der Waals surface area contributed by atoms with Crippen LogP contribution < -0.4 is 14.2 Å². The van der Waals surface area contributed by atoms with E-state index in [4.69, 9.17) is 19.3 Å². The van der Waals surface area contributed by atoms with Gasteiger partial charge in [-0.15, -0.1) is 0 Å². The molecule has 0 saturated heterocycles. The van der Waals surface area contributed by atoms with Crippen LogP contribution in [0.1, 0.15) is 53.9 Å². The summed E-state index contributed by atoms with van der Waals surface area (Å²) in [5, 5.41) is 9.15. The van der Waals surface area contributed by atoms with Crippen molar-refractivity contribution < 1.29 is 28.5 Å². The third kappa shape index (κ3) is 6.19. The van der Waals surface area contributed by atoms with Crippen molar-refractivity contribution in [1.82, 2.24) is 4.98 Å². The molecule has 6 nitrogen and oxygen atoms in total. The molecule has 0 spiro atoms. The van der Waals surface area contributed by atoms with Gasteiger partial charge < -0.3 is 19.3 Å². The number of methoxy groups -OCH3 is 1. The minimum Gasteiger partial charge on any atom is -0.495 e. The van der Waals surface area contributed by atoms with Crippen LogP contribution in [0, 0.1) is 13.8 Å². The first-order valence-electron chi connectivity index (χ1n) is 13.8. The van der Waals surface area contributed by atoms with Gasteiger partial charge in [-0.1, -0.05) is 18.7 Å². The summed E-state index contributed by atoms with van der Waals surface area (Å²) >= 11 is 0. The van der Waals surface area contributed by atoms with E-state index in [1.807, 2.05) is 24.3 Å². The Bertz CT molecular complexity index is 1520. The van der Waals surface area contributed by atoms with Crippen LogP contribution in [-0.2, 0) is 4.79 Å². The Morgan fingerprint density at radius 3 is 2.56 bits per heavy atom. The second kappa shape index (κ2) is 12.0. The molecule has 41 heavy (non-hydrogen) atoms. The van der Waals surface area contributed by atoms with Gasteiger partial charge in [-0.25, -0.2) is 4.39 Å². The second-order valence-corrected chi connectivity index (χ2v) is 10.6. The lowest BCUT2D eigenvalue weighted by Gasteiger charge is -2.21. The number of ether oxygens (including phenoxy) is 3. The van der Waals surface area contributed by atoms with Gasteiger partial charge >= 0.3 is 5.97 Å². The van der Waals surface area contributed by atoms with Gasteiger partial charge in [-0.3, -0.25) is 9.78 Å². The van der Waals surface area contributed by atoms with Crippen LogP contribution in [0.5, 0.6) is 17.2 Å². The Morgan fingerprint density at radius 2 is 1.88 bits per heavy atom. The molecule has 7 heteroatoms. The highest BCUT2D eigenvalue weighted by atomic mass is 19.1. The van der Waals surface area contributed by atoms with Crippen molar-refractivity contribution in [1.29, 1.82) is 0 Å². The minimum atomic E-state index is -0.862. The topological polar surface area (TPSA) is 77.9 Å². The number of carboxylic acids is 1. The van der Waals surface area contributed by atoms with E-state index in [9.17, 15) is 4.79 Å². The fourth-order valence-corrected chi connectivity index (χ4v) is 5.67. The number of pyridine rings is 1. The van der Waals surface area contributed by atoms with Crippen molar-refractivity contribution >= 4 is 11.5 Å². The van der Waals surface area contributed by atoms with Crippen molar-refractivity contribution in [2.24, 2.45) is 0 Å². The number of halogens is 1. The van der Waals surface area contributed by atoms with E-state index in [0.717, 1.165) is 51.9 Å². The Morgan fingerprint density at radius 1 is 1.12 bits per heavy atom. The Hall–Kier alpha value is -4.39. The summed E-state index contributed by atoms with van der Waals surface area (Å²) in [6, 6.07) is 13.5. The van der Waals surface area contributed by atoms with Crippen molar-refractivity contribution in [3.63, 3.8) is 0 Å². The number of nitrogens with zero attached hydrogens (tertiary/aromatic N) is 1. The highest BCUT2D eigenvalue weighted by Gasteiger charge is 2.28. The number of fused-ring (bicyclic) bond motifs is 1. The number of rotatable bonds is 7. The fourth-order valence-electron chi connectivity index (χ4n) is 5.67. The molecular formula is C34H34FNO5. The van der Waals surface area contributed by atoms with Gasteiger partial charge in [0.2, 0.25) is 0 Å². The molecule has 212 valence electrons. The molecule has 0 unspecified atom stereocenters. The van der Waals surface area contributed by atoms with Crippen LogP contribution in [0.15, 0.2) is 78.8 Å². The fraction of sp³-hybridized carbons (Fsp3) is 0.294. The first-order valence-corrected chi connectivity index (χ1v) is 13.8. The van der Waals surface area contributed by atoms with Gasteiger partial charge in [0.1, 0.15) is 29.2 Å². The maximum absolute atomic E-state index is 15.3. The molecule has 2 aromatic carbocycles. The average Bonchev–Trinajstić information content (AvgIpc) is 3.36. The number of aromatic nitrogens is 1. The lowest BCUT2D eigenvalue weighted by molar-refractivity contribution is -0.137. The number of benzene rings is 2. The van der Waals surface area contributed by atoms with Gasteiger partial charge in [0.15, 0.2) is 0 Å². The lowest BCUT2D eigenvalue weighted by Crippen LogP contribution is -2.19. The van der Waals surface area contributed by atoms with E-state index in [0.29, 0.717) is 35.8 Å². The summed E-state index contributed by atoms with van der Waals surface area (Å²) < 4.78 is 32.5. The molecule has 1 aliphatic carbocycles. The first kappa shape index (κ1) is 28.1. The number of aryl methyl sites for hydroxylation is 2. The SMILES string of the molecule is C=C1/C(F)=C\C=C(\c2c(C)cc(-c3ccc(OC)cn3)cc2C)CCC[C@H]1Oc1ccc2c(c1)OC[C@H]2CC(=O)O. The van der Waals surface area contributed by atoms with Crippen molar-refractivity contribution in [3.05, 3.63) is 101 Å². The summed E-state index contributed by atoms with van der Waals surface area (Å²) in [7, 11) is 1.62. The summed E-state index contributed by atoms with van der Waals surface area (Å²) in [5.41, 5.74) is 7.41. The van der Waals surface area contributed by atoms with Crippen LogP contribution in [-0.4, -0.2) is 35.9 Å². The van der Waals surface area contributed by atoms with E-state index >= 15 is 4.39 Å². The van der Waals surface area contributed by atoms with Crippen LogP contribution in [0.3, 0.4) is 0 Å². The van der Waals surface area contributed by atoms with Crippen LogP contribution >= 0.6 is 0 Å². The molecule has 0 amide bonds. The van der Waals surface area contributed by atoms with Gasteiger partial charge in [-0.05, 0) is 91.8 Å². The monoisotopic (exact) mass is 555 g/mol. The van der Waals surface area contributed by atoms with Crippen molar-refractivity contribution in [2.45, 2.75) is 51.6 Å². The quantitative estimate of drug-likeness (QED) is 0.321. The van der Waals surface area contributed by atoms with Crippen LogP contribution in [0.4, 0.5) is 4.39 Å². The van der Waals surface area contributed by atoms with E-state index < -0.39 is 17.9 Å². The largest absolute Gasteiger partial charge is 0.495 e. The van der Waals surface area contributed by atoms with Gasteiger partial charge in [0, 0.05) is 28.7 Å². The molecule has 0 fully saturated rings. The highest BCUT2D eigenvalue weighted by molar-refractivity contribution is 5.76. The molecule has 2 aliphatic rings. The zero-order valence-electron chi connectivity index (χ0n) is 23.6. The van der Waals surface area contributed by atoms with Crippen molar-refractivity contribution in [2.75, 3.05) is 13.7 Å². The highest BCUT2D eigenvalue weighted by Crippen LogP contribution is 2.40. The molecular weight excluding hydrogens is 521 g/mol. The molecule has 1 N–H and O–H groups in total. The molecule has 1 aliphatic heterocycles. The summed E-state index contributed by atoms with van der Waals surface area (Å²) in [6.45, 7) is 8.48. The Balaban J connectivity index is 1.32. The number of hydrogen-bond donors (Lipinski definition) is 1. The minimum absolute atomic E-state index is 0.0119. The second-order valence-electron chi connectivity index (χ2n) is 10.6. The maximum Gasteiger partial charge on any atom is 0.304 e. The Labute approximate surface area is 239 Å². The number of hydrogen-bond acceptors (Lipinski definition) is 5. The van der Waals surface area contributed by atoms with Gasteiger partial charge in [0.25, 0.3) is 0 Å². The predicted octanol–water partition coefficient (Wildman–Crippen LogP) is 7.75. The number of allylic oxidation sites excluding steroid dienone is 3. The van der Waals surface area contributed by atoms with Gasteiger partial charge in [-0.2, -0.15) is 0 Å². The third-order valence-electron chi connectivity index (χ3n) is 7.72. The van der Waals surface area contributed by atoms with Gasteiger partial charge in [0.05, 0.1) is 32.0 Å². The molecule has 0 saturated carbocycles. The zero-order chi connectivity index (χ0) is 29.1. The number of carboxylic acid groups (broad SMARTS) is 1. The molecule has 1 aromatic heterocycles. The summed E-state index contributed by atoms with van der Waals surface area (Å²) in [6.07, 6.45) is 6.64. The standard InChI is InChI=1S/C34H34FNO5/c1-20-14-24(30-13-10-27(39-4)18-36-30)15-21(2)34(20)23-6-5-7-31(22(3)29(35)12-8-23)41-26-9-11-28-25(16-33(37)38)19-40-32(28)17-26/h8-15,17-18,25,31H,3,5-7,16,19H2,1-2,4H3,(H,37,38)/b23-8+,29-12+/t25-,31-/m1/s1. The number of aliphatic carboxylic acids is 1. The smallest absolute Gasteiger partial charge is 0.304 e. The molecule has 0 radical (unpaired) electrons. The number of carbonyl (C=O) groups is 1. The van der Waals surface area contributed by atoms with E-state index in [-0.39, 0.29) is 12.3 Å². The molecule has 3 aromatic rings. The van der Waals surface area contributed by atoms with Crippen molar-refractivity contribution in [3.8, 4) is 28.5 Å². The molecule has 2 atom stereocenters. The first-order chi connectivity index (χ1) is 19.7. The normalized spacial score (nSPS) is 21.2. The van der Waals surface area contributed by atoms with E-state index in [1.54, 1.807) is 25.4 Å². The summed E-state index contributed by atoms with van der Waals surface area (Å²) in [4.78, 5) is 15.7. The lowest BCUT2D eigenvalue weighted by atomic mass is 9.89. The maximum atomic E-state index is 15.3. The predicted molar refractivity (Wildman–Crippen MR) is 157 cm³/mol. The van der Waals surface area contributed by atoms with Crippen LogP contribution in [0.2, 0.25) is 0 Å². The molecule has 2 heterocycles.